The number of rotatable bonds is 8. The summed E-state index contributed by atoms with van der Waals surface area (Å²) in [7, 11) is 0. The van der Waals surface area contributed by atoms with Gasteiger partial charge in [0.05, 0.1) is 6.61 Å². The van der Waals surface area contributed by atoms with E-state index in [1.165, 1.54) is 11.8 Å². The lowest BCUT2D eigenvalue weighted by molar-refractivity contribution is -0.117. The SMILES string of the molecule is CCOc1ccc(-n2c(SCCC(N)=O)nnc2-c2cccc(C)c2)cc1. The largest absolute Gasteiger partial charge is 0.494 e. The van der Waals surface area contributed by atoms with Gasteiger partial charge in [-0.05, 0) is 44.2 Å². The van der Waals surface area contributed by atoms with Gasteiger partial charge in [0.25, 0.3) is 0 Å². The summed E-state index contributed by atoms with van der Waals surface area (Å²) in [6, 6.07) is 15.9. The van der Waals surface area contributed by atoms with Crippen molar-refractivity contribution in [2.24, 2.45) is 5.73 Å². The molecule has 0 saturated carbocycles. The van der Waals surface area contributed by atoms with E-state index in [4.69, 9.17) is 10.5 Å². The molecule has 0 saturated heterocycles. The molecule has 0 radical (unpaired) electrons. The first-order valence-electron chi connectivity index (χ1n) is 8.75. The summed E-state index contributed by atoms with van der Waals surface area (Å²) in [6.07, 6.45) is 0.292. The third-order valence-corrected chi connectivity index (χ3v) is 4.83. The average Bonchev–Trinajstić information content (AvgIpc) is 3.06. The minimum Gasteiger partial charge on any atom is -0.494 e. The van der Waals surface area contributed by atoms with Crippen molar-refractivity contribution in [3.63, 3.8) is 0 Å². The molecule has 0 bridgehead atoms. The summed E-state index contributed by atoms with van der Waals surface area (Å²) in [5.74, 6) is 1.80. The molecule has 0 aliphatic heterocycles. The Morgan fingerprint density at radius 1 is 1.19 bits per heavy atom. The highest BCUT2D eigenvalue weighted by molar-refractivity contribution is 7.99. The van der Waals surface area contributed by atoms with Crippen molar-refractivity contribution in [3.8, 4) is 22.8 Å². The quantitative estimate of drug-likeness (QED) is 0.602. The Balaban J connectivity index is 2.01. The van der Waals surface area contributed by atoms with Crippen LogP contribution in [-0.4, -0.2) is 33.0 Å². The Bertz CT molecular complexity index is 922. The van der Waals surface area contributed by atoms with Crippen LogP contribution >= 0.6 is 11.8 Å². The van der Waals surface area contributed by atoms with Gasteiger partial charge >= 0.3 is 0 Å². The van der Waals surface area contributed by atoms with E-state index in [1.54, 1.807) is 0 Å². The molecule has 1 amide bonds. The third-order valence-electron chi connectivity index (χ3n) is 3.90. The van der Waals surface area contributed by atoms with Crippen LogP contribution in [-0.2, 0) is 4.79 Å². The second-order valence-electron chi connectivity index (χ2n) is 6.00. The molecular formula is C20H22N4O2S. The van der Waals surface area contributed by atoms with Gasteiger partial charge in [-0.2, -0.15) is 0 Å². The van der Waals surface area contributed by atoms with Crippen molar-refractivity contribution < 1.29 is 9.53 Å². The smallest absolute Gasteiger partial charge is 0.218 e. The Kier molecular flexibility index (Phi) is 6.13. The van der Waals surface area contributed by atoms with E-state index in [9.17, 15) is 4.79 Å². The van der Waals surface area contributed by atoms with Crippen LogP contribution in [0, 0.1) is 6.92 Å². The van der Waals surface area contributed by atoms with E-state index in [1.807, 2.05) is 60.9 Å². The van der Waals surface area contributed by atoms with Gasteiger partial charge in [-0.3, -0.25) is 9.36 Å². The number of primary amides is 1. The van der Waals surface area contributed by atoms with Crippen LogP contribution in [0.3, 0.4) is 0 Å². The molecule has 3 aromatic rings. The van der Waals surface area contributed by atoms with Crippen molar-refractivity contribution in [3.05, 3.63) is 54.1 Å². The van der Waals surface area contributed by atoms with E-state index < -0.39 is 0 Å². The van der Waals surface area contributed by atoms with Gasteiger partial charge in [-0.25, -0.2) is 0 Å². The van der Waals surface area contributed by atoms with E-state index in [0.29, 0.717) is 18.8 Å². The van der Waals surface area contributed by atoms with Crippen molar-refractivity contribution in [2.75, 3.05) is 12.4 Å². The second kappa shape index (κ2) is 8.73. The zero-order valence-corrected chi connectivity index (χ0v) is 16.2. The highest BCUT2D eigenvalue weighted by atomic mass is 32.2. The van der Waals surface area contributed by atoms with Gasteiger partial charge in [-0.1, -0.05) is 35.5 Å². The minimum absolute atomic E-state index is 0.292. The number of carbonyl (C=O) groups excluding carboxylic acids is 1. The van der Waals surface area contributed by atoms with Crippen molar-refractivity contribution >= 4 is 17.7 Å². The fourth-order valence-electron chi connectivity index (χ4n) is 2.67. The number of aryl methyl sites for hydroxylation is 1. The van der Waals surface area contributed by atoms with Gasteiger partial charge in [0.15, 0.2) is 11.0 Å². The lowest BCUT2D eigenvalue weighted by Crippen LogP contribution is -2.11. The van der Waals surface area contributed by atoms with Crippen LogP contribution in [0.25, 0.3) is 17.1 Å². The molecule has 0 aliphatic carbocycles. The van der Waals surface area contributed by atoms with Gasteiger partial charge in [0, 0.05) is 23.4 Å². The van der Waals surface area contributed by atoms with Crippen LogP contribution in [0.1, 0.15) is 18.9 Å². The van der Waals surface area contributed by atoms with Gasteiger partial charge in [0.2, 0.25) is 5.91 Å². The first kappa shape index (κ1) is 19.0. The maximum Gasteiger partial charge on any atom is 0.218 e. The highest BCUT2D eigenvalue weighted by Crippen LogP contribution is 2.29. The third kappa shape index (κ3) is 4.68. The molecule has 7 heteroatoms. The zero-order chi connectivity index (χ0) is 19.2. The van der Waals surface area contributed by atoms with E-state index in [2.05, 4.69) is 16.3 Å². The van der Waals surface area contributed by atoms with E-state index >= 15 is 0 Å². The normalized spacial score (nSPS) is 10.7. The molecule has 0 aliphatic rings. The lowest BCUT2D eigenvalue weighted by Gasteiger charge is -2.11. The molecule has 140 valence electrons. The Morgan fingerprint density at radius 3 is 2.63 bits per heavy atom. The van der Waals surface area contributed by atoms with Gasteiger partial charge < -0.3 is 10.5 Å². The van der Waals surface area contributed by atoms with Crippen LogP contribution in [0.5, 0.6) is 5.75 Å². The fraction of sp³-hybridized carbons (Fsp3) is 0.250. The topological polar surface area (TPSA) is 83.0 Å². The number of aromatic nitrogens is 3. The van der Waals surface area contributed by atoms with Gasteiger partial charge in [0.1, 0.15) is 5.75 Å². The van der Waals surface area contributed by atoms with Gasteiger partial charge in [-0.15, -0.1) is 10.2 Å². The Morgan fingerprint density at radius 2 is 1.96 bits per heavy atom. The number of hydrogen-bond acceptors (Lipinski definition) is 5. The van der Waals surface area contributed by atoms with E-state index in [-0.39, 0.29) is 5.91 Å². The number of thioether (sulfide) groups is 1. The van der Waals surface area contributed by atoms with Crippen LogP contribution in [0.2, 0.25) is 0 Å². The molecule has 0 atom stereocenters. The molecule has 0 unspecified atom stereocenters. The van der Waals surface area contributed by atoms with Crippen molar-refractivity contribution in [1.82, 2.24) is 14.8 Å². The first-order valence-corrected chi connectivity index (χ1v) is 9.74. The van der Waals surface area contributed by atoms with E-state index in [0.717, 1.165) is 33.5 Å². The molecule has 0 spiro atoms. The Hall–Kier alpha value is -2.80. The number of carbonyl (C=O) groups is 1. The maximum atomic E-state index is 11.1. The number of hydrogen-bond donors (Lipinski definition) is 1. The maximum absolute atomic E-state index is 11.1. The molecular weight excluding hydrogens is 360 g/mol. The summed E-state index contributed by atoms with van der Waals surface area (Å²) in [6.45, 7) is 4.62. The molecule has 1 heterocycles. The van der Waals surface area contributed by atoms with Crippen molar-refractivity contribution in [2.45, 2.75) is 25.4 Å². The predicted molar refractivity (Wildman–Crippen MR) is 107 cm³/mol. The molecule has 3 rings (SSSR count). The number of ether oxygens (including phenoxy) is 1. The van der Waals surface area contributed by atoms with Crippen LogP contribution in [0.15, 0.2) is 53.7 Å². The summed E-state index contributed by atoms with van der Waals surface area (Å²) in [5.41, 5.74) is 8.32. The fourth-order valence-corrected chi connectivity index (χ4v) is 3.57. The first-order chi connectivity index (χ1) is 13.1. The average molecular weight is 382 g/mol. The Labute approximate surface area is 162 Å². The molecule has 27 heavy (non-hydrogen) atoms. The summed E-state index contributed by atoms with van der Waals surface area (Å²) in [5, 5.41) is 9.47. The number of nitrogens with zero attached hydrogens (tertiary/aromatic N) is 3. The summed E-state index contributed by atoms with van der Waals surface area (Å²) in [4.78, 5) is 11.1. The summed E-state index contributed by atoms with van der Waals surface area (Å²) >= 11 is 1.46. The van der Waals surface area contributed by atoms with Crippen LogP contribution < -0.4 is 10.5 Å². The van der Waals surface area contributed by atoms with Crippen LogP contribution in [0.4, 0.5) is 0 Å². The standard InChI is InChI=1S/C20H22N4O2S/c1-3-26-17-9-7-16(8-10-17)24-19(15-6-4-5-14(2)13-15)22-23-20(24)27-12-11-18(21)25/h4-10,13H,3,11-12H2,1-2H3,(H2,21,25). The zero-order valence-electron chi connectivity index (χ0n) is 15.4. The molecule has 1 aromatic heterocycles. The summed E-state index contributed by atoms with van der Waals surface area (Å²) < 4.78 is 7.53. The molecule has 2 N–H and O–H groups in total. The number of benzene rings is 2. The number of amides is 1. The van der Waals surface area contributed by atoms with Crippen molar-refractivity contribution in [1.29, 1.82) is 0 Å². The minimum atomic E-state index is -0.325. The number of nitrogens with two attached hydrogens (primary N) is 1. The highest BCUT2D eigenvalue weighted by Gasteiger charge is 2.16. The lowest BCUT2D eigenvalue weighted by atomic mass is 10.1. The molecule has 6 nitrogen and oxygen atoms in total. The molecule has 2 aromatic carbocycles. The second-order valence-corrected chi connectivity index (χ2v) is 7.06. The molecule has 0 fully saturated rings. The predicted octanol–water partition coefficient (Wildman–Crippen LogP) is 3.61. The monoisotopic (exact) mass is 382 g/mol.